The molecule has 0 spiro atoms. The highest BCUT2D eigenvalue weighted by Crippen LogP contribution is 2.29. The Hall–Kier alpha value is -2.73. The van der Waals surface area contributed by atoms with E-state index in [4.69, 9.17) is 16.3 Å². The Balaban J connectivity index is 1.60. The number of rotatable bonds is 6. The molecule has 2 aromatic rings. The van der Waals surface area contributed by atoms with Crippen LogP contribution in [0.2, 0.25) is 5.02 Å². The SMILES string of the molecule is C=Cc1ccc(C)nc1N(C)CC(=O)N1CCN(c2ccc(Cl)c(OC)c2)CC1. The normalized spacial score (nSPS) is 13.9. The molecule has 0 saturated carbocycles. The highest BCUT2D eigenvalue weighted by molar-refractivity contribution is 6.32. The predicted molar refractivity (Wildman–Crippen MR) is 119 cm³/mol. The summed E-state index contributed by atoms with van der Waals surface area (Å²) in [6.07, 6.45) is 1.77. The van der Waals surface area contributed by atoms with Gasteiger partial charge in [-0.2, -0.15) is 0 Å². The van der Waals surface area contributed by atoms with Crippen LogP contribution in [-0.4, -0.2) is 62.7 Å². The molecule has 1 saturated heterocycles. The maximum absolute atomic E-state index is 12.8. The van der Waals surface area contributed by atoms with Crippen molar-refractivity contribution in [2.24, 2.45) is 0 Å². The molecule has 0 aliphatic carbocycles. The predicted octanol–water partition coefficient (Wildman–Crippen LogP) is 3.48. The van der Waals surface area contributed by atoms with Crippen LogP contribution in [-0.2, 0) is 4.79 Å². The molecule has 2 heterocycles. The molecule has 154 valence electrons. The van der Waals surface area contributed by atoms with Crippen LogP contribution < -0.4 is 14.5 Å². The largest absolute Gasteiger partial charge is 0.495 e. The number of benzene rings is 1. The number of anilines is 2. The molecule has 6 nitrogen and oxygen atoms in total. The zero-order chi connectivity index (χ0) is 21.0. The van der Waals surface area contributed by atoms with Crippen LogP contribution in [0.25, 0.3) is 6.08 Å². The third-order valence-corrected chi connectivity index (χ3v) is 5.44. The zero-order valence-electron chi connectivity index (χ0n) is 17.2. The van der Waals surface area contributed by atoms with Crippen LogP contribution in [0.4, 0.5) is 11.5 Å². The van der Waals surface area contributed by atoms with Gasteiger partial charge in [0.05, 0.1) is 18.7 Å². The van der Waals surface area contributed by atoms with Crippen molar-refractivity contribution in [2.75, 3.05) is 56.7 Å². The Morgan fingerprint density at radius 3 is 2.66 bits per heavy atom. The summed E-state index contributed by atoms with van der Waals surface area (Å²) in [6.45, 7) is 8.95. The lowest BCUT2D eigenvalue weighted by Gasteiger charge is -2.37. The lowest BCUT2D eigenvalue weighted by molar-refractivity contribution is -0.129. The number of carbonyl (C=O) groups is 1. The Bertz CT molecular complexity index is 894. The summed E-state index contributed by atoms with van der Waals surface area (Å²) in [5, 5.41) is 0.594. The van der Waals surface area contributed by atoms with Gasteiger partial charge in [-0.1, -0.05) is 24.3 Å². The number of piperazine rings is 1. The molecule has 29 heavy (non-hydrogen) atoms. The van der Waals surface area contributed by atoms with Gasteiger partial charge in [0, 0.05) is 56.2 Å². The number of methoxy groups -OCH3 is 1. The molecular weight excluding hydrogens is 388 g/mol. The maximum Gasteiger partial charge on any atom is 0.242 e. The summed E-state index contributed by atoms with van der Waals surface area (Å²) in [4.78, 5) is 23.4. The first-order valence-corrected chi connectivity index (χ1v) is 9.98. The van der Waals surface area contributed by atoms with Crippen LogP contribution in [0.5, 0.6) is 5.75 Å². The van der Waals surface area contributed by atoms with Crippen molar-refractivity contribution in [3.05, 3.63) is 53.2 Å². The number of likely N-dealkylation sites (N-methyl/N-ethyl adjacent to an activating group) is 1. The van der Waals surface area contributed by atoms with Gasteiger partial charge in [-0.05, 0) is 31.2 Å². The van der Waals surface area contributed by atoms with Crippen molar-refractivity contribution in [2.45, 2.75) is 6.92 Å². The summed E-state index contributed by atoms with van der Waals surface area (Å²) in [5.41, 5.74) is 2.89. The summed E-state index contributed by atoms with van der Waals surface area (Å²) in [5.74, 6) is 1.53. The third kappa shape index (κ3) is 4.82. The number of pyridine rings is 1. The van der Waals surface area contributed by atoms with Gasteiger partial charge in [0.1, 0.15) is 11.6 Å². The number of hydrogen-bond acceptors (Lipinski definition) is 5. The molecule has 1 aromatic heterocycles. The standard InChI is InChI=1S/C22H27ClN4O2/c1-5-17-7-6-16(2)24-22(17)25(3)15-21(28)27-12-10-26(11-13-27)18-8-9-19(23)20(14-18)29-4/h5-9,14H,1,10-13,15H2,2-4H3. The lowest BCUT2D eigenvalue weighted by Crippen LogP contribution is -2.51. The summed E-state index contributed by atoms with van der Waals surface area (Å²) in [6, 6.07) is 9.68. The minimum absolute atomic E-state index is 0.0964. The van der Waals surface area contributed by atoms with Gasteiger partial charge >= 0.3 is 0 Å². The van der Waals surface area contributed by atoms with E-state index in [1.54, 1.807) is 13.2 Å². The van der Waals surface area contributed by atoms with Crippen molar-refractivity contribution < 1.29 is 9.53 Å². The molecule has 1 aliphatic heterocycles. The average Bonchev–Trinajstić information content (AvgIpc) is 2.74. The number of hydrogen-bond donors (Lipinski definition) is 0. The van der Waals surface area contributed by atoms with E-state index in [-0.39, 0.29) is 12.5 Å². The molecule has 0 radical (unpaired) electrons. The molecular formula is C22H27ClN4O2. The highest BCUT2D eigenvalue weighted by atomic mass is 35.5. The van der Waals surface area contributed by atoms with Crippen LogP contribution in [0.1, 0.15) is 11.3 Å². The molecule has 0 bridgehead atoms. The highest BCUT2D eigenvalue weighted by Gasteiger charge is 2.23. The zero-order valence-corrected chi connectivity index (χ0v) is 17.9. The van der Waals surface area contributed by atoms with Gasteiger partial charge in [-0.25, -0.2) is 4.98 Å². The molecule has 1 aromatic carbocycles. The topological polar surface area (TPSA) is 48.9 Å². The van der Waals surface area contributed by atoms with Gasteiger partial charge < -0.3 is 19.4 Å². The molecule has 1 aliphatic rings. The second kappa shape index (κ2) is 9.18. The van der Waals surface area contributed by atoms with Gasteiger partial charge in [-0.15, -0.1) is 0 Å². The first-order valence-electron chi connectivity index (χ1n) is 9.60. The Labute approximate surface area is 177 Å². The number of nitrogens with zero attached hydrogens (tertiary/aromatic N) is 4. The van der Waals surface area contributed by atoms with Crippen LogP contribution in [0, 0.1) is 6.92 Å². The van der Waals surface area contributed by atoms with Crippen LogP contribution in [0.3, 0.4) is 0 Å². The first kappa shape index (κ1) is 21.0. The first-order chi connectivity index (χ1) is 13.9. The average molecular weight is 415 g/mol. The van der Waals surface area contributed by atoms with E-state index in [1.165, 1.54) is 0 Å². The van der Waals surface area contributed by atoms with Crippen LogP contribution in [0.15, 0.2) is 36.9 Å². The fraction of sp³-hybridized carbons (Fsp3) is 0.364. The van der Waals surface area contributed by atoms with Crippen molar-refractivity contribution >= 4 is 35.1 Å². The van der Waals surface area contributed by atoms with Crippen LogP contribution >= 0.6 is 11.6 Å². The van der Waals surface area contributed by atoms with Gasteiger partial charge in [0.2, 0.25) is 5.91 Å². The summed E-state index contributed by atoms with van der Waals surface area (Å²) in [7, 11) is 3.50. The molecule has 0 unspecified atom stereocenters. The van der Waals surface area contributed by atoms with E-state index in [0.717, 1.165) is 35.9 Å². The van der Waals surface area contributed by atoms with Crippen molar-refractivity contribution in [3.8, 4) is 5.75 Å². The second-order valence-electron chi connectivity index (χ2n) is 7.11. The van der Waals surface area contributed by atoms with Gasteiger partial charge in [0.15, 0.2) is 0 Å². The number of aromatic nitrogens is 1. The second-order valence-corrected chi connectivity index (χ2v) is 7.52. The molecule has 7 heteroatoms. The van der Waals surface area contributed by atoms with Crippen molar-refractivity contribution in [1.29, 1.82) is 0 Å². The maximum atomic E-state index is 12.8. The Morgan fingerprint density at radius 2 is 2.00 bits per heavy atom. The number of ether oxygens (including phenoxy) is 1. The minimum atomic E-state index is 0.0964. The van der Waals surface area contributed by atoms with Crippen molar-refractivity contribution in [1.82, 2.24) is 9.88 Å². The lowest BCUT2D eigenvalue weighted by atomic mass is 10.2. The van der Waals surface area contributed by atoms with E-state index in [0.29, 0.717) is 23.9 Å². The minimum Gasteiger partial charge on any atom is -0.495 e. The molecule has 3 rings (SSSR count). The fourth-order valence-corrected chi connectivity index (χ4v) is 3.65. The van der Waals surface area contributed by atoms with E-state index < -0.39 is 0 Å². The quantitative estimate of drug-likeness (QED) is 0.724. The van der Waals surface area contributed by atoms with Gasteiger partial charge in [0.25, 0.3) is 0 Å². The third-order valence-electron chi connectivity index (χ3n) is 5.13. The smallest absolute Gasteiger partial charge is 0.242 e. The summed E-state index contributed by atoms with van der Waals surface area (Å²) < 4.78 is 5.31. The van der Waals surface area contributed by atoms with E-state index in [2.05, 4.69) is 16.5 Å². The molecule has 0 N–H and O–H groups in total. The Morgan fingerprint density at radius 1 is 1.28 bits per heavy atom. The summed E-state index contributed by atoms with van der Waals surface area (Å²) >= 11 is 6.12. The van der Waals surface area contributed by atoms with Crippen molar-refractivity contribution in [3.63, 3.8) is 0 Å². The molecule has 1 fully saturated rings. The number of halogens is 1. The number of aryl methyl sites for hydroxylation is 1. The molecule has 0 atom stereocenters. The van der Waals surface area contributed by atoms with E-state index in [1.807, 2.05) is 54.1 Å². The monoisotopic (exact) mass is 414 g/mol. The Kier molecular flexibility index (Phi) is 6.64. The molecule has 1 amide bonds. The fourth-order valence-electron chi connectivity index (χ4n) is 3.46. The number of amides is 1. The van der Waals surface area contributed by atoms with E-state index in [9.17, 15) is 4.79 Å². The number of carbonyl (C=O) groups excluding carboxylic acids is 1. The van der Waals surface area contributed by atoms with E-state index >= 15 is 0 Å². The van der Waals surface area contributed by atoms with Gasteiger partial charge in [-0.3, -0.25) is 4.79 Å².